The first-order chi connectivity index (χ1) is 7.70. The summed E-state index contributed by atoms with van der Waals surface area (Å²) < 4.78 is 15.0. The Morgan fingerprint density at radius 2 is 2.31 bits per heavy atom. The zero-order chi connectivity index (χ0) is 11.5. The van der Waals surface area contributed by atoms with E-state index in [4.69, 9.17) is 16.9 Å². The van der Waals surface area contributed by atoms with Crippen molar-refractivity contribution in [2.45, 2.75) is 6.54 Å². The summed E-state index contributed by atoms with van der Waals surface area (Å²) in [6.07, 6.45) is 3.12. The minimum atomic E-state index is -0.345. The lowest BCUT2D eigenvalue weighted by atomic mass is 10.2. The molecule has 1 heterocycles. The predicted molar refractivity (Wildman–Crippen MR) is 57.5 cm³/mol. The molecule has 2 aromatic rings. The number of hydrogen-bond donors (Lipinski definition) is 0. The van der Waals surface area contributed by atoms with Gasteiger partial charge in [-0.15, -0.1) is 0 Å². The molecular formula is C11H7ClFN3. The smallest absolute Gasteiger partial charge is 0.213 e. The first-order valence-electron chi connectivity index (χ1n) is 4.56. The quantitative estimate of drug-likeness (QED) is 0.803. The lowest BCUT2D eigenvalue weighted by Gasteiger charge is -2.05. The number of imidazole rings is 1. The summed E-state index contributed by atoms with van der Waals surface area (Å²) in [4.78, 5) is 3.83. The van der Waals surface area contributed by atoms with E-state index >= 15 is 0 Å². The third-order valence-electron chi connectivity index (χ3n) is 2.16. The Labute approximate surface area is 96.7 Å². The van der Waals surface area contributed by atoms with E-state index in [9.17, 15) is 4.39 Å². The van der Waals surface area contributed by atoms with Crippen LogP contribution in [0.2, 0.25) is 5.02 Å². The van der Waals surface area contributed by atoms with E-state index in [0.717, 1.165) is 0 Å². The van der Waals surface area contributed by atoms with E-state index < -0.39 is 0 Å². The molecule has 80 valence electrons. The highest BCUT2D eigenvalue weighted by Crippen LogP contribution is 2.16. The van der Waals surface area contributed by atoms with Crippen molar-refractivity contribution in [1.29, 1.82) is 5.26 Å². The summed E-state index contributed by atoms with van der Waals surface area (Å²) in [7, 11) is 0. The van der Waals surface area contributed by atoms with Crippen LogP contribution < -0.4 is 0 Å². The van der Waals surface area contributed by atoms with Gasteiger partial charge in [-0.05, 0) is 18.2 Å². The molecule has 0 atom stereocenters. The summed E-state index contributed by atoms with van der Waals surface area (Å²) in [6, 6.07) is 6.26. The van der Waals surface area contributed by atoms with Crippen molar-refractivity contribution in [3.63, 3.8) is 0 Å². The van der Waals surface area contributed by atoms with Crippen molar-refractivity contribution in [3.8, 4) is 6.07 Å². The molecule has 0 aliphatic rings. The molecule has 1 aromatic carbocycles. The normalized spacial score (nSPS) is 10.1. The zero-order valence-electron chi connectivity index (χ0n) is 8.19. The fourth-order valence-corrected chi connectivity index (χ4v) is 1.59. The Hall–Kier alpha value is -1.86. The Kier molecular flexibility index (Phi) is 2.88. The van der Waals surface area contributed by atoms with Gasteiger partial charge in [0.25, 0.3) is 0 Å². The van der Waals surface area contributed by atoms with E-state index in [1.54, 1.807) is 10.8 Å². The van der Waals surface area contributed by atoms with E-state index in [1.165, 1.54) is 24.4 Å². The fourth-order valence-electron chi connectivity index (χ4n) is 1.40. The molecule has 0 radical (unpaired) electrons. The monoisotopic (exact) mass is 235 g/mol. The fraction of sp³-hybridized carbons (Fsp3) is 0.0909. The standard InChI is InChI=1S/C11H7ClFN3/c12-9-1-2-10(13)8(5-9)7-16-4-3-15-11(16)6-14/h1-5H,7H2. The molecule has 0 aliphatic heterocycles. The molecule has 0 bridgehead atoms. The SMILES string of the molecule is N#Cc1nccn1Cc1cc(Cl)ccc1F. The minimum Gasteiger partial charge on any atom is -0.318 e. The van der Waals surface area contributed by atoms with Gasteiger partial charge in [-0.25, -0.2) is 9.37 Å². The third kappa shape index (κ3) is 2.05. The van der Waals surface area contributed by atoms with Crippen molar-refractivity contribution in [3.05, 3.63) is 52.8 Å². The number of aromatic nitrogens is 2. The van der Waals surface area contributed by atoms with Crippen LogP contribution in [0.15, 0.2) is 30.6 Å². The van der Waals surface area contributed by atoms with Crippen LogP contribution in [0.4, 0.5) is 4.39 Å². The molecular weight excluding hydrogens is 229 g/mol. The second-order valence-corrected chi connectivity index (χ2v) is 3.66. The lowest BCUT2D eigenvalue weighted by Crippen LogP contribution is -2.03. The van der Waals surface area contributed by atoms with Crippen molar-refractivity contribution in [2.75, 3.05) is 0 Å². The molecule has 0 fully saturated rings. The van der Waals surface area contributed by atoms with E-state index in [1.807, 2.05) is 6.07 Å². The van der Waals surface area contributed by atoms with Crippen LogP contribution in [0.5, 0.6) is 0 Å². The Bertz CT molecular complexity index is 557. The summed E-state index contributed by atoms with van der Waals surface area (Å²) in [5.41, 5.74) is 0.432. The molecule has 0 unspecified atom stereocenters. The highest BCUT2D eigenvalue weighted by Gasteiger charge is 2.06. The number of rotatable bonds is 2. The topological polar surface area (TPSA) is 41.6 Å². The maximum absolute atomic E-state index is 13.4. The highest BCUT2D eigenvalue weighted by atomic mass is 35.5. The van der Waals surface area contributed by atoms with Gasteiger partial charge in [0.05, 0.1) is 6.54 Å². The van der Waals surface area contributed by atoms with Crippen LogP contribution in [-0.4, -0.2) is 9.55 Å². The van der Waals surface area contributed by atoms with Gasteiger partial charge in [0.2, 0.25) is 5.82 Å². The molecule has 0 aliphatic carbocycles. The molecule has 2 rings (SSSR count). The summed E-state index contributed by atoms with van der Waals surface area (Å²) in [5.74, 6) is -0.0960. The largest absolute Gasteiger partial charge is 0.318 e. The molecule has 0 saturated heterocycles. The van der Waals surface area contributed by atoms with Crippen molar-refractivity contribution in [1.82, 2.24) is 9.55 Å². The molecule has 3 nitrogen and oxygen atoms in total. The van der Waals surface area contributed by atoms with Crippen molar-refractivity contribution >= 4 is 11.6 Å². The predicted octanol–water partition coefficient (Wildman–Crippen LogP) is 2.60. The minimum absolute atomic E-state index is 0.245. The van der Waals surface area contributed by atoms with Gasteiger partial charge >= 0.3 is 0 Å². The van der Waals surface area contributed by atoms with Gasteiger partial charge in [0, 0.05) is 23.0 Å². The van der Waals surface area contributed by atoms with E-state index in [0.29, 0.717) is 10.6 Å². The number of nitriles is 1. The highest BCUT2D eigenvalue weighted by molar-refractivity contribution is 6.30. The second kappa shape index (κ2) is 4.33. The van der Waals surface area contributed by atoms with Crippen molar-refractivity contribution in [2.24, 2.45) is 0 Å². The number of benzene rings is 1. The molecule has 0 saturated carbocycles. The Balaban J connectivity index is 2.34. The van der Waals surface area contributed by atoms with Gasteiger partial charge < -0.3 is 4.57 Å². The maximum atomic E-state index is 13.4. The van der Waals surface area contributed by atoms with Crippen LogP contribution >= 0.6 is 11.6 Å². The maximum Gasteiger partial charge on any atom is 0.213 e. The summed E-state index contributed by atoms with van der Waals surface area (Å²) in [6.45, 7) is 0.245. The number of hydrogen-bond acceptors (Lipinski definition) is 2. The Morgan fingerprint density at radius 3 is 3.06 bits per heavy atom. The summed E-state index contributed by atoms with van der Waals surface area (Å²) >= 11 is 5.77. The number of nitrogens with zero attached hydrogens (tertiary/aromatic N) is 3. The van der Waals surface area contributed by atoms with Gasteiger partial charge in [-0.1, -0.05) is 11.6 Å². The lowest BCUT2D eigenvalue weighted by molar-refractivity contribution is 0.598. The molecule has 1 aromatic heterocycles. The molecule has 5 heteroatoms. The second-order valence-electron chi connectivity index (χ2n) is 3.23. The van der Waals surface area contributed by atoms with Gasteiger partial charge in [0.1, 0.15) is 11.9 Å². The van der Waals surface area contributed by atoms with Gasteiger partial charge in [-0.3, -0.25) is 0 Å². The van der Waals surface area contributed by atoms with Crippen LogP contribution in [0.3, 0.4) is 0 Å². The molecule has 0 N–H and O–H groups in total. The van der Waals surface area contributed by atoms with Crippen LogP contribution in [0.25, 0.3) is 0 Å². The molecule has 0 spiro atoms. The van der Waals surface area contributed by atoms with Gasteiger partial charge in [0.15, 0.2) is 0 Å². The average molecular weight is 236 g/mol. The van der Waals surface area contributed by atoms with Crippen molar-refractivity contribution < 1.29 is 4.39 Å². The van der Waals surface area contributed by atoms with Gasteiger partial charge in [-0.2, -0.15) is 5.26 Å². The van der Waals surface area contributed by atoms with E-state index in [2.05, 4.69) is 4.98 Å². The van der Waals surface area contributed by atoms with Crippen LogP contribution in [0.1, 0.15) is 11.4 Å². The number of halogens is 2. The van der Waals surface area contributed by atoms with Crippen LogP contribution in [0, 0.1) is 17.1 Å². The van der Waals surface area contributed by atoms with Crippen LogP contribution in [-0.2, 0) is 6.54 Å². The molecule has 0 amide bonds. The third-order valence-corrected chi connectivity index (χ3v) is 2.40. The Morgan fingerprint density at radius 1 is 1.50 bits per heavy atom. The zero-order valence-corrected chi connectivity index (χ0v) is 8.95. The first-order valence-corrected chi connectivity index (χ1v) is 4.93. The van der Waals surface area contributed by atoms with E-state index in [-0.39, 0.29) is 18.2 Å². The molecule has 16 heavy (non-hydrogen) atoms. The first kappa shape index (κ1) is 10.7. The summed E-state index contributed by atoms with van der Waals surface area (Å²) in [5, 5.41) is 9.22. The average Bonchev–Trinajstić information content (AvgIpc) is 2.71.